The van der Waals surface area contributed by atoms with Gasteiger partial charge in [-0.15, -0.1) is 0 Å². The highest BCUT2D eigenvalue weighted by atomic mass is 16.1. The largest absolute Gasteiger partial charge is 0.355 e. The Hall–Kier alpha value is -3.13. The first-order valence-corrected chi connectivity index (χ1v) is 7.93. The van der Waals surface area contributed by atoms with E-state index in [1.54, 1.807) is 6.08 Å². The molecule has 24 heavy (non-hydrogen) atoms. The molecule has 0 saturated carbocycles. The monoisotopic (exact) mass is 313 g/mol. The van der Waals surface area contributed by atoms with E-state index in [0.717, 1.165) is 22.5 Å². The van der Waals surface area contributed by atoms with Gasteiger partial charge in [0.25, 0.3) is 0 Å². The topological polar surface area (TPSA) is 29.1 Å². The van der Waals surface area contributed by atoms with Crippen LogP contribution in [-0.4, -0.2) is 5.78 Å². The molecule has 118 valence electrons. The average Bonchev–Trinajstić information content (AvgIpc) is 2.63. The number of ketones is 1. The fraction of sp³-hybridized carbons (Fsp3) is 0.0455. The van der Waals surface area contributed by atoms with E-state index in [4.69, 9.17) is 0 Å². The van der Waals surface area contributed by atoms with Crippen LogP contribution < -0.4 is 5.32 Å². The second kappa shape index (κ2) is 7.42. The number of aryl methyl sites for hydroxylation is 1. The number of para-hydroxylation sites is 1. The second-order valence-corrected chi connectivity index (χ2v) is 5.59. The maximum atomic E-state index is 12.6. The minimum absolute atomic E-state index is 0.0164. The van der Waals surface area contributed by atoms with E-state index in [-0.39, 0.29) is 5.78 Å². The predicted octanol–water partition coefficient (Wildman–Crippen LogP) is 5.33. The van der Waals surface area contributed by atoms with Gasteiger partial charge in [-0.3, -0.25) is 4.79 Å². The molecule has 0 spiro atoms. The Labute approximate surface area is 142 Å². The minimum Gasteiger partial charge on any atom is -0.355 e. The summed E-state index contributed by atoms with van der Waals surface area (Å²) in [6.07, 6.45) is 1.67. The third-order valence-corrected chi connectivity index (χ3v) is 3.82. The first-order valence-electron chi connectivity index (χ1n) is 7.93. The second-order valence-electron chi connectivity index (χ2n) is 5.59. The zero-order valence-corrected chi connectivity index (χ0v) is 13.6. The van der Waals surface area contributed by atoms with Gasteiger partial charge in [-0.25, -0.2) is 0 Å². The van der Waals surface area contributed by atoms with Gasteiger partial charge in [0.05, 0.1) is 0 Å². The molecule has 0 unspecified atom stereocenters. The third-order valence-electron chi connectivity index (χ3n) is 3.82. The summed E-state index contributed by atoms with van der Waals surface area (Å²) in [6.45, 7) is 2.04. The Balaban J connectivity index is 2.00. The Morgan fingerprint density at radius 1 is 0.792 bits per heavy atom. The number of hydrogen-bond acceptors (Lipinski definition) is 2. The number of carbonyl (C=O) groups is 1. The van der Waals surface area contributed by atoms with Crippen LogP contribution in [-0.2, 0) is 0 Å². The van der Waals surface area contributed by atoms with Gasteiger partial charge in [-0.05, 0) is 24.6 Å². The third kappa shape index (κ3) is 3.79. The molecule has 3 aromatic rings. The number of carbonyl (C=O) groups excluding carboxylic acids is 1. The molecule has 0 aliphatic rings. The molecular formula is C22H19NO. The number of benzene rings is 3. The summed E-state index contributed by atoms with van der Waals surface area (Å²) in [5.74, 6) is -0.0164. The quantitative estimate of drug-likeness (QED) is 0.509. The van der Waals surface area contributed by atoms with Gasteiger partial charge in [-0.2, -0.15) is 0 Å². The molecule has 2 heteroatoms. The molecule has 0 aromatic heterocycles. The number of hydrogen-bond donors (Lipinski definition) is 1. The molecule has 0 aliphatic heterocycles. The summed E-state index contributed by atoms with van der Waals surface area (Å²) in [5.41, 5.74) is 4.57. The van der Waals surface area contributed by atoms with E-state index < -0.39 is 0 Å². The summed E-state index contributed by atoms with van der Waals surface area (Å²) in [5, 5.41) is 3.38. The number of nitrogens with one attached hydrogen (secondary N) is 1. The Morgan fingerprint density at radius 2 is 1.38 bits per heavy atom. The van der Waals surface area contributed by atoms with E-state index in [1.165, 1.54) is 0 Å². The first-order chi connectivity index (χ1) is 11.7. The Morgan fingerprint density at radius 3 is 2.04 bits per heavy atom. The van der Waals surface area contributed by atoms with Crippen molar-refractivity contribution in [2.75, 3.05) is 5.32 Å². The Bertz CT molecular complexity index is 851. The lowest BCUT2D eigenvalue weighted by Gasteiger charge is -2.14. The van der Waals surface area contributed by atoms with Crippen LogP contribution in [0.1, 0.15) is 21.5 Å². The first kappa shape index (κ1) is 15.8. The lowest BCUT2D eigenvalue weighted by Crippen LogP contribution is -2.04. The SMILES string of the molecule is Cc1ccccc1/C(=C/C(=O)c1ccccc1)Nc1ccccc1. The summed E-state index contributed by atoms with van der Waals surface area (Å²) < 4.78 is 0. The average molecular weight is 313 g/mol. The van der Waals surface area contributed by atoms with Crippen LogP contribution in [0.15, 0.2) is 91.0 Å². The summed E-state index contributed by atoms with van der Waals surface area (Å²) in [4.78, 5) is 12.6. The number of rotatable bonds is 5. The zero-order chi connectivity index (χ0) is 16.8. The molecule has 0 bridgehead atoms. The van der Waals surface area contributed by atoms with Crippen molar-refractivity contribution in [3.05, 3.63) is 108 Å². The molecule has 0 amide bonds. The molecule has 1 N–H and O–H groups in total. The fourth-order valence-corrected chi connectivity index (χ4v) is 2.55. The summed E-state index contributed by atoms with van der Waals surface area (Å²) >= 11 is 0. The Kier molecular flexibility index (Phi) is 4.87. The van der Waals surface area contributed by atoms with E-state index in [1.807, 2.05) is 91.9 Å². The van der Waals surface area contributed by atoms with E-state index in [2.05, 4.69) is 5.32 Å². The van der Waals surface area contributed by atoms with Gasteiger partial charge >= 0.3 is 0 Å². The smallest absolute Gasteiger partial charge is 0.187 e. The highest BCUT2D eigenvalue weighted by Gasteiger charge is 2.09. The lowest BCUT2D eigenvalue weighted by atomic mass is 10.0. The fourth-order valence-electron chi connectivity index (χ4n) is 2.55. The van der Waals surface area contributed by atoms with Gasteiger partial charge in [0.2, 0.25) is 0 Å². The van der Waals surface area contributed by atoms with Crippen molar-refractivity contribution >= 4 is 17.2 Å². The molecule has 3 rings (SSSR count). The van der Waals surface area contributed by atoms with Crippen molar-refractivity contribution in [3.8, 4) is 0 Å². The molecule has 0 aliphatic carbocycles. The van der Waals surface area contributed by atoms with Gasteiger partial charge < -0.3 is 5.32 Å². The van der Waals surface area contributed by atoms with E-state index in [9.17, 15) is 4.79 Å². The molecule has 2 nitrogen and oxygen atoms in total. The van der Waals surface area contributed by atoms with Crippen LogP contribution in [0.2, 0.25) is 0 Å². The highest BCUT2D eigenvalue weighted by Crippen LogP contribution is 2.22. The van der Waals surface area contributed by atoms with Crippen LogP contribution in [0, 0.1) is 6.92 Å². The van der Waals surface area contributed by atoms with Gasteiger partial charge in [0.15, 0.2) is 5.78 Å². The molecular weight excluding hydrogens is 294 g/mol. The molecule has 0 atom stereocenters. The molecule has 0 radical (unpaired) electrons. The van der Waals surface area contributed by atoms with Crippen molar-refractivity contribution in [1.82, 2.24) is 0 Å². The lowest BCUT2D eigenvalue weighted by molar-refractivity contribution is 0.104. The summed E-state index contributed by atoms with van der Waals surface area (Å²) in [6, 6.07) is 27.2. The molecule has 0 heterocycles. The van der Waals surface area contributed by atoms with E-state index in [0.29, 0.717) is 5.56 Å². The van der Waals surface area contributed by atoms with Gasteiger partial charge in [0, 0.05) is 28.6 Å². The molecule has 0 fully saturated rings. The van der Waals surface area contributed by atoms with Gasteiger partial charge in [0.1, 0.15) is 0 Å². The van der Waals surface area contributed by atoms with Crippen LogP contribution >= 0.6 is 0 Å². The number of anilines is 1. The van der Waals surface area contributed by atoms with Crippen molar-refractivity contribution in [2.24, 2.45) is 0 Å². The van der Waals surface area contributed by atoms with Crippen LogP contribution in [0.25, 0.3) is 5.70 Å². The van der Waals surface area contributed by atoms with Crippen LogP contribution in [0.3, 0.4) is 0 Å². The summed E-state index contributed by atoms with van der Waals surface area (Å²) in [7, 11) is 0. The highest BCUT2D eigenvalue weighted by molar-refractivity contribution is 6.09. The maximum absolute atomic E-state index is 12.6. The minimum atomic E-state index is -0.0164. The number of allylic oxidation sites excluding steroid dienone is 1. The van der Waals surface area contributed by atoms with Crippen LogP contribution in [0.4, 0.5) is 5.69 Å². The van der Waals surface area contributed by atoms with Crippen molar-refractivity contribution in [1.29, 1.82) is 0 Å². The standard InChI is InChI=1S/C22H19NO/c1-17-10-8-9-15-20(17)21(23-19-13-6-3-7-14-19)16-22(24)18-11-4-2-5-12-18/h2-16,23H,1H3/b21-16-. The van der Waals surface area contributed by atoms with Crippen molar-refractivity contribution in [3.63, 3.8) is 0 Å². The van der Waals surface area contributed by atoms with Crippen molar-refractivity contribution in [2.45, 2.75) is 6.92 Å². The maximum Gasteiger partial charge on any atom is 0.187 e. The van der Waals surface area contributed by atoms with Gasteiger partial charge in [-0.1, -0.05) is 72.8 Å². The van der Waals surface area contributed by atoms with Crippen molar-refractivity contribution < 1.29 is 4.79 Å². The molecule has 0 saturated heterocycles. The zero-order valence-electron chi connectivity index (χ0n) is 13.6. The normalized spacial score (nSPS) is 11.1. The van der Waals surface area contributed by atoms with Crippen LogP contribution in [0.5, 0.6) is 0 Å². The predicted molar refractivity (Wildman–Crippen MR) is 100.0 cm³/mol. The van der Waals surface area contributed by atoms with E-state index >= 15 is 0 Å². The molecule has 3 aromatic carbocycles.